The average molecular weight is 333 g/mol. The number of aromatic nitrogens is 2. The van der Waals surface area contributed by atoms with Crippen molar-refractivity contribution in [2.45, 2.75) is 25.2 Å². The summed E-state index contributed by atoms with van der Waals surface area (Å²) in [5, 5.41) is 18.4. The van der Waals surface area contributed by atoms with Gasteiger partial charge in [0, 0.05) is 18.5 Å². The van der Waals surface area contributed by atoms with Gasteiger partial charge < -0.3 is 4.90 Å². The Labute approximate surface area is 136 Å². The molecule has 23 heavy (non-hydrogen) atoms. The molecule has 1 N–H and O–H groups in total. The molecule has 4 rings (SSSR count). The first-order valence-corrected chi connectivity index (χ1v) is 7.77. The van der Waals surface area contributed by atoms with Crippen LogP contribution in [-0.4, -0.2) is 27.6 Å². The minimum Gasteiger partial charge on any atom is -0.306 e. The first-order valence-electron chi connectivity index (χ1n) is 7.40. The quantitative estimate of drug-likeness (QED) is 0.690. The highest BCUT2D eigenvalue weighted by Gasteiger charge is 2.35. The van der Waals surface area contributed by atoms with E-state index in [0.29, 0.717) is 35.2 Å². The van der Waals surface area contributed by atoms with Gasteiger partial charge in [0.15, 0.2) is 5.69 Å². The van der Waals surface area contributed by atoms with Gasteiger partial charge in [-0.1, -0.05) is 17.7 Å². The molecule has 1 aromatic carbocycles. The zero-order valence-electron chi connectivity index (χ0n) is 12.1. The molecule has 2 aliphatic rings. The van der Waals surface area contributed by atoms with Gasteiger partial charge >= 0.3 is 0 Å². The van der Waals surface area contributed by atoms with Crippen LogP contribution in [0.4, 0.5) is 11.4 Å². The van der Waals surface area contributed by atoms with Crippen LogP contribution in [0.5, 0.6) is 0 Å². The lowest BCUT2D eigenvalue weighted by Crippen LogP contribution is -2.29. The van der Waals surface area contributed by atoms with Gasteiger partial charge in [-0.05, 0) is 25.3 Å². The van der Waals surface area contributed by atoms with Gasteiger partial charge in [0.1, 0.15) is 0 Å². The molecule has 1 aromatic heterocycles. The fourth-order valence-electron chi connectivity index (χ4n) is 3.05. The van der Waals surface area contributed by atoms with Crippen LogP contribution in [0.1, 0.15) is 40.5 Å². The van der Waals surface area contributed by atoms with E-state index >= 15 is 0 Å². The minimum atomic E-state index is -0.417. The first kappa shape index (κ1) is 14.2. The van der Waals surface area contributed by atoms with Crippen LogP contribution in [-0.2, 0) is 6.42 Å². The van der Waals surface area contributed by atoms with E-state index in [4.69, 9.17) is 11.6 Å². The van der Waals surface area contributed by atoms with E-state index in [9.17, 15) is 14.9 Å². The summed E-state index contributed by atoms with van der Waals surface area (Å²) in [4.78, 5) is 25.0. The number of carbonyl (C=O) groups excluding carboxylic acids is 1. The van der Waals surface area contributed by atoms with Crippen molar-refractivity contribution in [3.8, 4) is 0 Å². The van der Waals surface area contributed by atoms with Crippen molar-refractivity contribution in [1.82, 2.24) is 10.2 Å². The standard InChI is InChI=1S/C15H13ClN4O3/c16-12-13(8-4-5-8)17-18-14(12)15(21)19-7-6-9-10(19)2-1-3-11(9)20(22)23/h1-3,8H,4-7H2,(H,17,18). The largest absolute Gasteiger partial charge is 0.306 e. The normalized spacial score (nSPS) is 16.5. The van der Waals surface area contributed by atoms with E-state index in [2.05, 4.69) is 10.2 Å². The van der Waals surface area contributed by atoms with Crippen molar-refractivity contribution in [2.75, 3.05) is 11.4 Å². The lowest BCUT2D eigenvalue weighted by molar-refractivity contribution is -0.385. The molecule has 2 aromatic rings. The van der Waals surface area contributed by atoms with Crippen molar-refractivity contribution in [1.29, 1.82) is 0 Å². The summed E-state index contributed by atoms with van der Waals surface area (Å²) >= 11 is 6.29. The molecule has 7 nitrogen and oxygen atoms in total. The fourth-order valence-corrected chi connectivity index (χ4v) is 3.37. The highest BCUT2D eigenvalue weighted by atomic mass is 35.5. The monoisotopic (exact) mass is 332 g/mol. The van der Waals surface area contributed by atoms with Crippen molar-refractivity contribution in [3.05, 3.63) is 50.3 Å². The lowest BCUT2D eigenvalue weighted by Gasteiger charge is -2.15. The number of amides is 1. The maximum absolute atomic E-state index is 12.8. The van der Waals surface area contributed by atoms with E-state index in [0.717, 1.165) is 18.5 Å². The van der Waals surface area contributed by atoms with Gasteiger partial charge in [0.25, 0.3) is 11.6 Å². The molecule has 0 unspecified atom stereocenters. The predicted octanol–water partition coefficient (Wildman–Crippen LogP) is 3.05. The molecule has 0 atom stereocenters. The van der Waals surface area contributed by atoms with Crippen molar-refractivity contribution < 1.29 is 9.72 Å². The Bertz CT molecular complexity index is 828. The van der Waals surface area contributed by atoms with E-state index in [1.165, 1.54) is 11.0 Å². The second-order valence-electron chi connectivity index (χ2n) is 5.81. The Balaban J connectivity index is 1.70. The third-order valence-corrected chi connectivity index (χ3v) is 4.75. The van der Waals surface area contributed by atoms with Crippen molar-refractivity contribution in [3.63, 3.8) is 0 Å². The third-order valence-electron chi connectivity index (χ3n) is 4.37. The number of rotatable bonds is 3. The molecule has 1 saturated carbocycles. The average Bonchev–Trinajstić information content (AvgIpc) is 3.16. The molecular weight excluding hydrogens is 320 g/mol. The number of nitrogens with zero attached hydrogens (tertiary/aromatic N) is 3. The number of halogens is 1. The smallest absolute Gasteiger partial charge is 0.280 e. The van der Waals surface area contributed by atoms with E-state index < -0.39 is 4.92 Å². The number of hydrogen-bond acceptors (Lipinski definition) is 4. The zero-order chi connectivity index (χ0) is 16.1. The molecule has 1 aliphatic carbocycles. The van der Waals surface area contributed by atoms with Crippen LogP contribution in [0.25, 0.3) is 0 Å². The number of aromatic amines is 1. The molecule has 8 heteroatoms. The van der Waals surface area contributed by atoms with Crippen LogP contribution >= 0.6 is 11.6 Å². The fraction of sp³-hybridized carbons (Fsp3) is 0.333. The number of benzene rings is 1. The van der Waals surface area contributed by atoms with E-state index in [1.807, 2.05) is 0 Å². The van der Waals surface area contributed by atoms with Gasteiger partial charge in [-0.2, -0.15) is 5.10 Å². The summed E-state index contributed by atoms with van der Waals surface area (Å²) in [6.45, 7) is 0.390. The molecule has 0 spiro atoms. The number of nitrogens with one attached hydrogen (secondary N) is 1. The van der Waals surface area contributed by atoms with Gasteiger partial charge in [0.05, 0.1) is 26.9 Å². The molecule has 1 amide bonds. The van der Waals surface area contributed by atoms with Crippen LogP contribution < -0.4 is 4.90 Å². The number of carbonyl (C=O) groups is 1. The van der Waals surface area contributed by atoms with Gasteiger partial charge in [-0.25, -0.2) is 0 Å². The maximum atomic E-state index is 12.8. The summed E-state index contributed by atoms with van der Waals surface area (Å²) in [6.07, 6.45) is 2.55. The second kappa shape index (κ2) is 5.06. The van der Waals surface area contributed by atoms with Gasteiger partial charge in [-0.15, -0.1) is 0 Å². The summed E-state index contributed by atoms with van der Waals surface area (Å²) in [7, 11) is 0. The summed E-state index contributed by atoms with van der Waals surface area (Å²) in [6, 6.07) is 4.76. The number of anilines is 1. The second-order valence-corrected chi connectivity index (χ2v) is 6.19. The number of hydrogen-bond donors (Lipinski definition) is 1. The van der Waals surface area contributed by atoms with Gasteiger partial charge in [-0.3, -0.25) is 20.0 Å². The Hall–Kier alpha value is -2.41. The third kappa shape index (κ3) is 2.19. The van der Waals surface area contributed by atoms with Crippen LogP contribution in [0.2, 0.25) is 5.02 Å². The molecule has 0 bridgehead atoms. The molecule has 0 radical (unpaired) electrons. The molecule has 1 fully saturated rings. The summed E-state index contributed by atoms with van der Waals surface area (Å²) < 4.78 is 0. The van der Waals surface area contributed by atoms with Crippen LogP contribution in [0.3, 0.4) is 0 Å². The molecule has 2 heterocycles. The van der Waals surface area contributed by atoms with Crippen molar-refractivity contribution in [2.24, 2.45) is 0 Å². The first-order chi connectivity index (χ1) is 11.1. The number of nitro groups is 1. The zero-order valence-corrected chi connectivity index (χ0v) is 12.8. The Kier molecular flexibility index (Phi) is 3.12. The Morgan fingerprint density at radius 1 is 1.43 bits per heavy atom. The Morgan fingerprint density at radius 2 is 2.22 bits per heavy atom. The van der Waals surface area contributed by atoms with Crippen molar-refractivity contribution >= 4 is 28.9 Å². The number of H-pyrrole nitrogens is 1. The Morgan fingerprint density at radius 3 is 2.91 bits per heavy atom. The summed E-state index contributed by atoms with van der Waals surface area (Å²) in [5.74, 6) is 0.0425. The molecular formula is C15H13ClN4O3. The number of nitro benzene ring substituents is 1. The van der Waals surface area contributed by atoms with Crippen LogP contribution in [0, 0.1) is 10.1 Å². The SMILES string of the molecule is O=C(c1n[nH]c(C2CC2)c1Cl)N1CCc2c1cccc2[N+](=O)[O-]. The predicted molar refractivity (Wildman–Crippen MR) is 84.0 cm³/mol. The number of fused-ring (bicyclic) bond motifs is 1. The molecule has 0 saturated heterocycles. The van der Waals surface area contributed by atoms with E-state index in [-0.39, 0.29) is 17.3 Å². The van der Waals surface area contributed by atoms with Gasteiger partial charge in [0.2, 0.25) is 0 Å². The highest BCUT2D eigenvalue weighted by molar-refractivity contribution is 6.35. The lowest BCUT2D eigenvalue weighted by atomic mass is 10.1. The highest BCUT2D eigenvalue weighted by Crippen LogP contribution is 2.43. The summed E-state index contributed by atoms with van der Waals surface area (Å²) in [5.41, 5.74) is 2.20. The molecule has 1 aliphatic heterocycles. The maximum Gasteiger partial charge on any atom is 0.280 e. The topological polar surface area (TPSA) is 92.1 Å². The molecule has 118 valence electrons. The van der Waals surface area contributed by atoms with Crippen LogP contribution in [0.15, 0.2) is 18.2 Å². The van der Waals surface area contributed by atoms with E-state index in [1.54, 1.807) is 12.1 Å². The minimum absolute atomic E-state index is 0.0459.